The number of carboxylic acids is 1. The number of fused-ring (bicyclic) bond motifs is 1. The van der Waals surface area contributed by atoms with Crippen molar-refractivity contribution < 1.29 is 14.7 Å². The van der Waals surface area contributed by atoms with Gasteiger partial charge >= 0.3 is 5.97 Å². The summed E-state index contributed by atoms with van der Waals surface area (Å²) in [4.78, 5) is 29.7. The summed E-state index contributed by atoms with van der Waals surface area (Å²) in [6, 6.07) is -0.621. The number of halogens is 1. The van der Waals surface area contributed by atoms with Gasteiger partial charge in [-0.1, -0.05) is 0 Å². The van der Waals surface area contributed by atoms with Crippen LogP contribution in [0, 0.1) is 0 Å². The lowest BCUT2D eigenvalue weighted by Gasteiger charge is -2.25. The van der Waals surface area contributed by atoms with Crippen LogP contribution in [0.5, 0.6) is 0 Å². The molecule has 0 aliphatic carbocycles. The smallest absolute Gasteiger partial charge is 0.303 e. The Morgan fingerprint density at radius 1 is 1.59 bits per heavy atom. The molecule has 1 unspecified atom stereocenters. The van der Waals surface area contributed by atoms with E-state index in [1.54, 1.807) is 0 Å². The first kappa shape index (κ1) is 11.6. The summed E-state index contributed by atoms with van der Waals surface area (Å²) in [5.41, 5.74) is 0.436. The van der Waals surface area contributed by atoms with Crippen molar-refractivity contribution in [3.63, 3.8) is 0 Å². The highest BCUT2D eigenvalue weighted by molar-refractivity contribution is 6.28. The molecule has 0 radical (unpaired) electrons. The van der Waals surface area contributed by atoms with E-state index in [-0.39, 0.29) is 24.0 Å². The van der Waals surface area contributed by atoms with Crippen molar-refractivity contribution in [1.29, 1.82) is 0 Å². The minimum absolute atomic E-state index is 0.0596. The van der Waals surface area contributed by atoms with Crippen molar-refractivity contribution in [2.24, 2.45) is 0 Å². The summed E-state index contributed by atoms with van der Waals surface area (Å²) in [6.07, 6.45) is 1.48. The maximum atomic E-state index is 11.6. The average Bonchev–Trinajstić information content (AvgIpc) is 2.26. The molecule has 1 aliphatic rings. The van der Waals surface area contributed by atoms with E-state index >= 15 is 0 Å². The van der Waals surface area contributed by atoms with Gasteiger partial charge in [-0.15, -0.1) is 0 Å². The van der Waals surface area contributed by atoms with Crippen molar-refractivity contribution in [1.82, 2.24) is 9.97 Å². The molecule has 0 spiro atoms. The third-order valence-corrected chi connectivity index (χ3v) is 2.47. The summed E-state index contributed by atoms with van der Waals surface area (Å²) in [7, 11) is 0. The molecule has 1 amide bonds. The zero-order chi connectivity index (χ0) is 12.4. The van der Waals surface area contributed by atoms with Crippen LogP contribution in [0.4, 0.5) is 11.5 Å². The monoisotopic (exact) mass is 256 g/mol. The maximum Gasteiger partial charge on any atom is 0.303 e. The van der Waals surface area contributed by atoms with Crippen LogP contribution in [0.1, 0.15) is 12.8 Å². The SMILES string of the molecule is O=C(O)CCC1Nc2nc(Cl)ncc2NC1=O. The molecule has 0 saturated heterocycles. The number of nitrogens with one attached hydrogen (secondary N) is 2. The molecule has 1 aromatic rings. The molecule has 3 N–H and O–H groups in total. The lowest BCUT2D eigenvalue weighted by atomic mass is 10.1. The fourth-order valence-corrected chi connectivity index (χ4v) is 1.62. The van der Waals surface area contributed by atoms with Crippen LogP contribution in [0.25, 0.3) is 0 Å². The van der Waals surface area contributed by atoms with Crippen LogP contribution in [0.3, 0.4) is 0 Å². The molecule has 17 heavy (non-hydrogen) atoms. The number of anilines is 2. The van der Waals surface area contributed by atoms with E-state index in [9.17, 15) is 9.59 Å². The first-order chi connectivity index (χ1) is 8.06. The predicted molar refractivity (Wildman–Crippen MR) is 60.0 cm³/mol. The van der Waals surface area contributed by atoms with Crippen LogP contribution in [0.15, 0.2) is 6.20 Å². The van der Waals surface area contributed by atoms with Gasteiger partial charge in [0.25, 0.3) is 0 Å². The lowest BCUT2D eigenvalue weighted by molar-refractivity contribution is -0.137. The molecule has 2 heterocycles. The van der Waals surface area contributed by atoms with Gasteiger partial charge in [0.2, 0.25) is 11.2 Å². The standard InChI is InChI=1S/C9H9ClN4O3/c10-9-11-3-5-7(14-9)12-4(8(17)13-5)1-2-6(15)16/h3-4H,1-2H2,(H,13,17)(H,15,16)(H,11,12,14). The Morgan fingerprint density at radius 2 is 2.35 bits per heavy atom. The van der Waals surface area contributed by atoms with E-state index in [2.05, 4.69) is 20.6 Å². The molecule has 0 fully saturated rings. The molecule has 2 rings (SSSR count). The molecule has 1 aromatic heterocycles. The lowest BCUT2D eigenvalue weighted by Crippen LogP contribution is -2.39. The van der Waals surface area contributed by atoms with Gasteiger partial charge in [-0.25, -0.2) is 4.98 Å². The van der Waals surface area contributed by atoms with Crippen molar-refractivity contribution >= 4 is 35.0 Å². The van der Waals surface area contributed by atoms with Crippen LogP contribution in [-0.2, 0) is 9.59 Å². The summed E-state index contributed by atoms with van der Waals surface area (Å²) < 4.78 is 0. The molecule has 0 bridgehead atoms. The van der Waals surface area contributed by atoms with Gasteiger partial charge in [0.05, 0.1) is 6.20 Å². The van der Waals surface area contributed by atoms with Crippen molar-refractivity contribution in [3.8, 4) is 0 Å². The third kappa shape index (κ3) is 2.62. The van der Waals surface area contributed by atoms with Gasteiger partial charge in [0.15, 0.2) is 5.82 Å². The highest BCUT2D eigenvalue weighted by Gasteiger charge is 2.27. The number of rotatable bonds is 3. The fraction of sp³-hybridized carbons (Fsp3) is 0.333. The quantitative estimate of drug-likeness (QED) is 0.689. The molecule has 0 saturated carbocycles. The Balaban J connectivity index is 2.14. The predicted octanol–water partition coefficient (Wildman–Crippen LogP) is 0.727. The molecule has 0 aromatic carbocycles. The number of hydrogen-bond donors (Lipinski definition) is 3. The number of carbonyl (C=O) groups excluding carboxylic acids is 1. The van der Waals surface area contributed by atoms with Gasteiger partial charge in [-0.3, -0.25) is 9.59 Å². The van der Waals surface area contributed by atoms with Crippen LogP contribution in [0.2, 0.25) is 5.28 Å². The number of carbonyl (C=O) groups is 2. The fourth-order valence-electron chi connectivity index (χ4n) is 1.48. The van der Waals surface area contributed by atoms with E-state index in [1.165, 1.54) is 6.20 Å². The molecule has 90 valence electrons. The average molecular weight is 257 g/mol. The van der Waals surface area contributed by atoms with Gasteiger partial charge in [-0.2, -0.15) is 4.98 Å². The zero-order valence-corrected chi connectivity index (χ0v) is 9.36. The molecular formula is C9H9ClN4O3. The number of amides is 1. The van der Waals surface area contributed by atoms with E-state index in [0.29, 0.717) is 11.5 Å². The van der Waals surface area contributed by atoms with Crippen molar-refractivity contribution in [2.75, 3.05) is 10.6 Å². The summed E-state index contributed by atoms with van der Waals surface area (Å²) in [6.45, 7) is 0. The molecule has 1 aliphatic heterocycles. The van der Waals surface area contributed by atoms with Crippen LogP contribution < -0.4 is 10.6 Å². The van der Waals surface area contributed by atoms with Gasteiger partial charge in [-0.05, 0) is 18.0 Å². The highest BCUT2D eigenvalue weighted by atomic mass is 35.5. The maximum absolute atomic E-state index is 11.6. The second-order valence-corrected chi connectivity index (χ2v) is 3.86. The Kier molecular flexibility index (Phi) is 3.10. The third-order valence-electron chi connectivity index (χ3n) is 2.29. The molecule has 7 nitrogen and oxygen atoms in total. The first-order valence-corrected chi connectivity index (χ1v) is 5.26. The minimum atomic E-state index is -0.953. The number of nitrogens with zero attached hydrogens (tertiary/aromatic N) is 2. The topological polar surface area (TPSA) is 104 Å². The largest absolute Gasteiger partial charge is 0.481 e. The van der Waals surface area contributed by atoms with Crippen LogP contribution >= 0.6 is 11.6 Å². The summed E-state index contributed by atoms with van der Waals surface area (Å²) >= 11 is 5.62. The molecular weight excluding hydrogens is 248 g/mol. The van der Waals surface area contributed by atoms with Gasteiger partial charge in [0.1, 0.15) is 11.7 Å². The van der Waals surface area contributed by atoms with Crippen molar-refractivity contribution in [2.45, 2.75) is 18.9 Å². The second-order valence-electron chi connectivity index (χ2n) is 3.52. The Morgan fingerprint density at radius 3 is 3.06 bits per heavy atom. The van der Waals surface area contributed by atoms with E-state index in [0.717, 1.165) is 0 Å². The first-order valence-electron chi connectivity index (χ1n) is 4.88. The van der Waals surface area contributed by atoms with Gasteiger partial charge in [0, 0.05) is 6.42 Å². The normalized spacial score (nSPS) is 17.9. The number of aromatic nitrogens is 2. The van der Waals surface area contributed by atoms with E-state index in [1.807, 2.05) is 0 Å². The van der Waals surface area contributed by atoms with E-state index < -0.39 is 12.0 Å². The Bertz CT molecular complexity index is 479. The Hall–Kier alpha value is -1.89. The van der Waals surface area contributed by atoms with Crippen molar-refractivity contribution in [3.05, 3.63) is 11.5 Å². The number of hydrogen-bond acceptors (Lipinski definition) is 5. The minimum Gasteiger partial charge on any atom is -0.481 e. The van der Waals surface area contributed by atoms with Crippen LogP contribution in [-0.4, -0.2) is 33.0 Å². The Labute approximate surface area is 101 Å². The summed E-state index contributed by atoms with van der Waals surface area (Å²) in [5, 5.41) is 14.0. The highest BCUT2D eigenvalue weighted by Crippen LogP contribution is 2.25. The second kappa shape index (κ2) is 4.54. The number of carboxylic acid groups (broad SMARTS) is 1. The summed E-state index contributed by atoms with van der Waals surface area (Å²) in [5.74, 6) is -0.851. The molecule has 8 heteroatoms. The number of aliphatic carboxylic acids is 1. The van der Waals surface area contributed by atoms with E-state index in [4.69, 9.17) is 16.7 Å². The van der Waals surface area contributed by atoms with Gasteiger partial charge < -0.3 is 15.7 Å². The zero-order valence-electron chi connectivity index (χ0n) is 8.61. The molecule has 1 atom stereocenters.